The second-order valence-electron chi connectivity index (χ2n) is 7.73. The molecule has 0 bridgehead atoms. The quantitative estimate of drug-likeness (QED) is 0.748. The number of fused-ring (bicyclic) bond motifs is 4. The molecule has 1 atom stereocenters. The normalized spacial score (nSPS) is 23.5. The molecule has 0 saturated carbocycles. The molecule has 0 aromatic heterocycles. The van der Waals surface area contributed by atoms with Gasteiger partial charge in [0.2, 0.25) is 0 Å². The monoisotopic (exact) mass is 316 g/mol. The Labute approximate surface area is 141 Å². The van der Waals surface area contributed by atoms with E-state index in [9.17, 15) is 9.59 Å². The predicted molar refractivity (Wildman–Crippen MR) is 92.8 cm³/mol. The van der Waals surface area contributed by atoms with Gasteiger partial charge in [-0.25, -0.2) is 0 Å². The van der Waals surface area contributed by atoms with Crippen molar-refractivity contribution in [1.29, 1.82) is 0 Å². The first-order valence-corrected chi connectivity index (χ1v) is 8.89. The molecule has 3 aliphatic carbocycles. The Hall–Kier alpha value is -2.22. The first kappa shape index (κ1) is 14.2. The van der Waals surface area contributed by atoms with Crippen LogP contribution < -0.4 is 0 Å². The second-order valence-corrected chi connectivity index (χ2v) is 7.73. The van der Waals surface area contributed by atoms with Gasteiger partial charge in [-0.05, 0) is 73.3 Å². The van der Waals surface area contributed by atoms with Gasteiger partial charge in [0.1, 0.15) is 0 Å². The maximum absolute atomic E-state index is 13.4. The van der Waals surface area contributed by atoms with Crippen LogP contribution in [-0.2, 0) is 32.1 Å². The molecule has 1 spiro atoms. The summed E-state index contributed by atoms with van der Waals surface area (Å²) in [7, 11) is 0. The molecule has 3 aliphatic rings. The van der Waals surface area contributed by atoms with E-state index < -0.39 is 0 Å². The van der Waals surface area contributed by atoms with Gasteiger partial charge in [0.05, 0.1) is 0 Å². The maximum Gasteiger partial charge on any atom is 0.170 e. The van der Waals surface area contributed by atoms with Crippen LogP contribution in [0.4, 0.5) is 0 Å². The van der Waals surface area contributed by atoms with Gasteiger partial charge in [0.25, 0.3) is 0 Å². The van der Waals surface area contributed by atoms with Crippen molar-refractivity contribution >= 4 is 11.6 Å². The van der Waals surface area contributed by atoms with Gasteiger partial charge in [0.15, 0.2) is 11.6 Å². The van der Waals surface area contributed by atoms with E-state index >= 15 is 0 Å². The molecule has 0 fully saturated rings. The summed E-state index contributed by atoms with van der Waals surface area (Å²) in [5, 5.41) is 0. The number of ketones is 2. The highest BCUT2D eigenvalue weighted by molar-refractivity contribution is 6.08. The largest absolute Gasteiger partial charge is 0.295 e. The lowest BCUT2D eigenvalue weighted by Gasteiger charge is -2.20. The third-order valence-electron chi connectivity index (χ3n) is 6.30. The minimum absolute atomic E-state index is 0.104. The first-order valence-electron chi connectivity index (χ1n) is 8.89. The van der Waals surface area contributed by atoms with Crippen molar-refractivity contribution in [3.63, 3.8) is 0 Å². The Balaban J connectivity index is 1.61. The van der Waals surface area contributed by atoms with Crippen molar-refractivity contribution in [1.82, 2.24) is 0 Å². The molecule has 0 amide bonds. The summed E-state index contributed by atoms with van der Waals surface area (Å²) in [6, 6.07) is 10.4. The standard InChI is InChI=1S/C22H20O2/c1-13(23)17-6-3-5-15-10-22(12-19(15)17)11-16-9-8-14-4-2-7-18(14)20(16)21(22)24/h3,5-6,8-9H,2,4,7,10-12H2,1H3. The van der Waals surface area contributed by atoms with Crippen molar-refractivity contribution < 1.29 is 9.59 Å². The lowest BCUT2D eigenvalue weighted by molar-refractivity contribution is 0.0829. The zero-order valence-electron chi connectivity index (χ0n) is 13.9. The van der Waals surface area contributed by atoms with Gasteiger partial charge in [0, 0.05) is 16.5 Å². The van der Waals surface area contributed by atoms with Crippen molar-refractivity contribution in [3.05, 3.63) is 69.3 Å². The topological polar surface area (TPSA) is 34.1 Å². The summed E-state index contributed by atoms with van der Waals surface area (Å²) < 4.78 is 0. The fourth-order valence-corrected chi connectivity index (χ4v) is 5.24. The molecule has 2 aromatic carbocycles. The summed E-state index contributed by atoms with van der Waals surface area (Å²) in [5.41, 5.74) is 7.73. The molecular formula is C22H20O2. The summed E-state index contributed by atoms with van der Waals surface area (Å²) >= 11 is 0. The van der Waals surface area contributed by atoms with Gasteiger partial charge in [-0.2, -0.15) is 0 Å². The number of carbonyl (C=O) groups is 2. The summed E-state index contributed by atoms with van der Waals surface area (Å²) in [6.07, 6.45) is 5.66. The van der Waals surface area contributed by atoms with E-state index in [1.807, 2.05) is 12.1 Å². The molecule has 0 heterocycles. The molecule has 0 saturated heterocycles. The van der Waals surface area contributed by atoms with Crippen molar-refractivity contribution in [2.24, 2.45) is 5.41 Å². The fourth-order valence-electron chi connectivity index (χ4n) is 5.24. The minimum atomic E-state index is -0.339. The average molecular weight is 316 g/mol. The van der Waals surface area contributed by atoms with Crippen LogP contribution in [0.3, 0.4) is 0 Å². The maximum atomic E-state index is 13.4. The predicted octanol–water partition coefficient (Wildman–Crippen LogP) is 3.90. The number of Topliss-reactive ketones (excluding diaryl/α,β-unsaturated/α-hetero) is 2. The van der Waals surface area contributed by atoms with Crippen molar-refractivity contribution in [3.8, 4) is 0 Å². The average Bonchev–Trinajstić information content (AvgIpc) is 3.23. The molecule has 24 heavy (non-hydrogen) atoms. The van der Waals surface area contributed by atoms with Gasteiger partial charge in [-0.3, -0.25) is 9.59 Å². The molecule has 0 radical (unpaired) electrons. The number of benzene rings is 2. The molecule has 1 unspecified atom stereocenters. The van der Waals surface area contributed by atoms with Crippen LogP contribution in [0.25, 0.3) is 0 Å². The Bertz CT molecular complexity index is 922. The van der Waals surface area contributed by atoms with Gasteiger partial charge >= 0.3 is 0 Å². The van der Waals surface area contributed by atoms with Crippen molar-refractivity contribution in [2.45, 2.75) is 45.4 Å². The smallest absolute Gasteiger partial charge is 0.170 e. The first-order chi connectivity index (χ1) is 11.6. The lowest BCUT2D eigenvalue weighted by Crippen LogP contribution is -2.29. The number of hydrogen-bond donors (Lipinski definition) is 0. The highest BCUT2D eigenvalue weighted by atomic mass is 16.1. The Morgan fingerprint density at radius 2 is 1.71 bits per heavy atom. The molecular weight excluding hydrogens is 296 g/mol. The van der Waals surface area contributed by atoms with Crippen LogP contribution in [0, 0.1) is 5.41 Å². The number of aryl methyl sites for hydroxylation is 1. The Morgan fingerprint density at radius 1 is 0.917 bits per heavy atom. The molecule has 2 aromatic rings. The molecule has 0 N–H and O–H groups in total. The third kappa shape index (κ3) is 1.71. The number of carbonyl (C=O) groups excluding carboxylic acids is 2. The zero-order valence-corrected chi connectivity index (χ0v) is 13.9. The van der Waals surface area contributed by atoms with Crippen molar-refractivity contribution in [2.75, 3.05) is 0 Å². The van der Waals surface area contributed by atoms with E-state index in [2.05, 4.69) is 18.2 Å². The summed E-state index contributed by atoms with van der Waals surface area (Å²) in [4.78, 5) is 25.4. The van der Waals surface area contributed by atoms with Gasteiger partial charge in [-0.1, -0.05) is 30.3 Å². The van der Waals surface area contributed by atoms with Crippen LogP contribution >= 0.6 is 0 Å². The highest BCUT2D eigenvalue weighted by Gasteiger charge is 2.50. The van der Waals surface area contributed by atoms with Crippen LogP contribution in [0.15, 0.2) is 30.3 Å². The zero-order chi connectivity index (χ0) is 16.5. The fraction of sp³-hybridized carbons (Fsp3) is 0.364. The molecule has 2 heteroatoms. The van der Waals surface area contributed by atoms with Crippen LogP contribution in [0.5, 0.6) is 0 Å². The van der Waals surface area contributed by atoms with Crippen LogP contribution in [-0.4, -0.2) is 11.6 Å². The van der Waals surface area contributed by atoms with Crippen LogP contribution in [0.1, 0.15) is 61.9 Å². The SMILES string of the molecule is CC(=O)c1cccc2c1CC1(C2)Cc2ccc3c(c2C1=O)CCC3. The molecule has 5 rings (SSSR count). The van der Waals surface area contributed by atoms with E-state index in [0.29, 0.717) is 5.78 Å². The highest BCUT2D eigenvalue weighted by Crippen LogP contribution is 2.49. The number of rotatable bonds is 1. The van der Waals surface area contributed by atoms with Gasteiger partial charge < -0.3 is 0 Å². The van der Waals surface area contributed by atoms with E-state index in [1.165, 1.54) is 28.7 Å². The Kier molecular flexibility index (Phi) is 2.75. The summed E-state index contributed by atoms with van der Waals surface area (Å²) in [5.74, 6) is 0.440. The van der Waals surface area contributed by atoms with Gasteiger partial charge in [-0.15, -0.1) is 0 Å². The lowest BCUT2D eigenvalue weighted by atomic mass is 9.80. The molecule has 0 aliphatic heterocycles. The van der Waals surface area contributed by atoms with Crippen LogP contribution in [0.2, 0.25) is 0 Å². The number of hydrogen-bond acceptors (Lipinski definition) is 2. The van der Waals surface area contributed by atoms with E-state index in [-0.39, 0.29) is 11.2 Å². The minimum Gasteiger partial charge on any atom is -0.295 e. The second kappa shape index (κ2) is 4.66. The van der Waals surface area contributed by atoms with E-state index in [1.54, 1.807) is 6.92 Å². The molecule has 120 valence electrons. The molecule has 2 nitrogen and oxygen atoms in total. The van der Waals surface area contributed by atoms with E-state index in [0.717, 1.165) is 48.8 Å². The third-order valence-corrected chi connectivity index (χ3v) is 6.30. The van der Waals surface area contributed by atoms with E-state index in [4.69, 9.17) is 0 Å². The Morgan fingerprint density at radius 3 is 2.54 bits per heavy atom. The summed E-state index contributed by atoms with van der Waals surface area (Å²) in [6.45, 7) is 1.62.